The van der Waals surface area contributed by atoms with Gasteiger partial charge in [-0.2, -0.15) is 0 Å². The number of hydrogen-bond donors (Lipinski definition) is 0. The Hall–Kier alpha value is -3.87. The molecule has 1 aliphatic heterocycles. The Labute approximate surface area is 217 Å². The van der Waals surface area contributed by atoms with Crippen LogP contribution in [0.1, 0.15) is 60.8 Å². The largest absolute Gasteiger partial charge is 0.497 e. The highest BCUT2D eigenvalue weighted by molar-refractivity contribution is 5.71. The Morgan fingerprint density at radius 3 is 2.49 bits per heavy atom. The molecule has 0 spiro atoms. The van der Waals surface area contributed by atoms with Gasteiger partial charge in [0.15, 0.2) is 18.1 Å². The van der Waals surface area contributed by atoms with Crippen molar-refractivity contribution in [1.82, 2.24) is 0 Å². The fraction of sp³-hybridized carbons (Fsp3) is 0.367. The minimum Gasteiger partial charge on any atom is -0.497 e. The lowest BCUT2D eigenvalue weighted by Gasteiger charge is -2.19. The van der Waals surface area contributed by atoms with Crippen LogP contribution in [-0.4, -0.2) is 39.7 Å². The molecule has 0 saturated carbocycles. The van der Waals surface area contributed by atoms with Crippen molar-refractivity contribution in [3.8, 4) is 28.7 Å². The van der Waals surface area contributed by atoms with Crippen LogP contribution in [0, 0.1) is 0 Å². The van der Waals surface area contributed by atoms with Gasteiger partial charge >= 0.3 is 5.97 Å². The number of methoxy groups -OCH3 is 1. The molecule has 2 aliphatic rings. The smallest absolute Gasteiger partial charge is 0.344 e. The van der Waals surface area contributed by atoms with Gasteiger partial charge in [-0.05, 0) is 66.8 Å². The molecule has 1 heterocycles. The van der Waals surface area contributed by atoms with E-state index in [-0.39, 0.29) is 25.2 Å². The molecular weight excluding hydrogens is 472 g/mol. The van der Waals surface area contributed by atoms with Gasteiger partial charge in [0.2, 0.25) is 6.79 Å². The van der Waals surface area contributed by atoms with Crippen LogP contribution in [-0.2, 0) is 9.53 Å². The van der Waals surface area contributed by atoms with Crippen LogP contribution in [0.15, 0.2) is 54.6 Å². The maximum atomic E-state index is 12.1. The third-order valence-electron chi connectivity index (χ3n) is 6.80. The minimum absolute atomic E-state index is 0.0266. The van der Waals surface area contributed by atoms with Crippen LogP contribution in [0.2, 0.25) is 0 Å². The molecule has 0 saturated heterocycles. The molecule has 0 amide bonds. The number of carbonyl (C=O) groups excluding carboxylic acids is 1. The van der Waals surface area contributed by atoms with Crippen LogP contribution in [0.4, 0.5) is 0 Å². The van der Waals surface area contributed by atoms with Crippen molar-refractivity contribution in [2.24, 2.45) is 0 Å². The van der Waals surface area contributed by atoms with E-state index in [1.807, 2.05) is 30.3 Å². The monoisotopic (exact) mass is 504 g/mol. The number of carbonyl (C=O) groups is 1. The molecule has 0 radical (unpaired) electrons. The van der Waals surface area contributed by atoms with E-state index in [4.69, 9.17) is 28.4 Å². The highest BCUT2D eigenvalue weighted by atomic mass is 16.7. The fourth-order valence-corrected chi connectivity index (χ4v) is 5.11. The summed E-state index contributed by atoms with van der Waals surface area (Å²) in [7, 11) is 1.61. The zero-order valence-electron chi connectivity index (χ0n) is 21.5. The standard InChI is InChI=1S/C30H32O7/c1-4-12-34-21-8-9-22-24(19-6-11-27-29(13-19)37-18-36-27)16-26(25(22)14-21)23-10-7-20(32-3)15-28(23)35-17-30(31)33-5-2/h6-11,13-15,24,26H,4-5,12,16-18H2,1-3H3. The van der Waals surface area contributed by atoms with Crippen molar-refractivity contribution < 1.29 is 33.2 Å². The first-order valence-corrected chi connectivity index (χ1v) is 12.7. The van der Waals surface area contributed by atoms with Crippen molar-refractivity contribution in [2.75, 3.05) is 33.7 Å². The van der Waals surface area contributed by atoms with E-state index in [1.54, 1.807) is 14.0 Å². The Bertz CT molecular complexity index is 1270. The van der Waals surface area contributed by atoms with Crippen molar-refractivity contribution >= 4 is 5.97 Å². The van der Waals surface area contributed by atoms with Gasteiger partial charge in [0, 0.05) is 23.5 Å². The molecule has 7 heteroatoms. The van der Waals surface area contributed by atoms with Gasteiger partial charge in [0.1, 0.15) is 17.2 Å². The quantitative estimate of drug-likeness (QED) is 0.322. The Balaban J connectivity index is 1.54. The van der Waals surface area contributed by atoms with E-state index < -0.39 is 5.97 Å². The van der Waals surface area contributed by atoms with Crippen LogP contribution in [0.5, 0.6) is 28.7 Å². The zero-order chi connectivity index (χ0) is 25.8. The highest BCUT2D eigenvalue weighted by Gasteiger charge is 2.35. The SMILES string of the molecule is CCCOc1ccc2c(c1)C(c1ccc(OC)cc1OCC(=O)OCC)CC2c1ccc2c(c1)OCO2. The summed E-state index contributed by atoms with van der Waals surface area (Å²) in [6.45, 7) is 4.91. The number of rotatable bonds is 10. The van der Waals surface area contributed by atoms with Crippen LogP contribution in [0.25, 0.3) is 0 Å². The maximum absolute atomic E-state index is 12.1. The lowest BCUT2D eigenvalue weighted by Crippen LogP contribution is -2.15. The summed E-state index contributed by atoms with van der Waals surface area (Å²) in [6, 6.07) is 18.3. The van der Waals surface area contributed by atoms with Crippen LogP contribution >= 0.6 is 0 Å². The number of esters is 1. The molecule has 5 rings (SSSR count). The second-order valence-corrected chi connectivity index (χ2v) is 9.09. The van der Waals surface area contributed by atoms with E-state index in [2.05, 4.69) is 31.2 Å². The van der Waals surface area contributed by atoms with Gasteiger partial charge in [0.25, 0.3) is 0 Å². The molecule has 0 fully saturated rings. The summed E-state index contributed by atoms with van der Waals surface area (Å²) in [6.07, 6.45) is 1.76. The van der Waals surface area contributed by atoms with E-state index in [0.717, 1.165) is 41.2 Å². The van der Waals surface area contributed by atoms with Gasteiger partial charge in [-0.15, -0.1) is 0 Å². The van der Waals surface area contributed by atoms with Gasteiger partial charge in [-0.25, -0.2) is 4.79 Å². The van der Waals surface area contributed by atoms with Crippen molar-refractivity contribution in [3.63, 3.8) is 0 Å². The van der Waals surface area contributed by atoms with E-state index in [9.17, 15) is 4.79 Å². The first-order valence-electron chi connectivity index (χ1n) is 12.7. The number of fused-ring (bicyclic) bond motifs is 2. The number of hydrogen-bond acceptors (Lipinski definition) is 7. The van der Waals surface area contributed by atoms with E-state index in [0.29, 0.717) is 24.7 Å². The molecule has 3 aromatic carbocycles. The van der Waals surface area contributed by atoms with E-state index >= 15 is 0 Å². The molecule has 0 N–H and O–H groups in total. The first-order chi connectivity index (χ1) is 18.1. The normalized spacial score (nSPS) is 17.3. The summed E-state index contributed by atoms with van der Waals surface area (Å²) >= 11 is 0. The Morgan fingerprint density at radius 2 is 1.68 bits per heavy atom. The van der Waals surface area contributed by atoms with Crippen molar-refractivity contribution in [2.45, 2.75) is 38.5 Å². The molecule has 194 valence electrons. The summed E-state index contributed by atoms with van der Waals surface area (Å²) in [5, 5.41) is 0. The second-order valence-electron chi connectivity index (χ2n) is 9.09. The minimum atomic E-state index is -0.406. The van der Waals surface area contributed by atoms with Crippen molar-refractivity contribution in [3.05, 3.63) is 76.9 Å². The summed E-state index contributed by atoms with van der Waals surface area (Å²) in [5.74, 6) is 3.42. The maximum Gasteiger partial charge on any atom is 0.344 e. The average Bonchev–Trinajstić information content (AvgIpc) is 3.54. The molecule has 37 heavy (non-hydrogen) atoms. The highest BCUT2D eigenvalue weighted by Crippen LogP contribution is 2.52. The summed E-state index contributed by atoms with van der Waals surface area (Å²) in [5.41, 5.74) is 4.57. The first kappa shape index (κ1) is 24.8. The van der Waals surface area contributed by atoms with Gasteiger partial charge in [-0.3, -0.25) is 0 Å². The fourth-order valence-electron chi connectivity index (χ4n) is 5.11. The average molecular weight is 505 g/mol. The topological polar surface area (TPSA) is 72.5 Å². The molecule has 2 unspecified atom stereocenters. The van der Waals surface area contributed by atoms with Gasteiger partial charge in [0.05, 0.1) is 20.3 Å². The summed E-state index contributed by atoms with van der Waals surface area (Å²) < 4.78 is 33.7. The third kappa shape index (κ3) is 5.17. The summed E-state index contributed by atoms with van der Waals surface area (Å²) in [4.78, 5) is 12.1. The lowest BCUT2D eigenvalue weighted by atomic mass is 9.90. The zero-order valence-corrected chi connectivity index (χ0v) is 21.5. The molecule has 3 aromatic rings. The van der Waals surface area contributed by atoms with Crippen LogP contribution < -0.4 is 23.7 Å². The Morgan fingerprint density at radius 1 is 0.865 bits per heavy atom. The molecule has 0 bridgehead atoms. The lowest BCUT2D eigenvalue weighted by molar-refractivity contribution is -0.145. The number of ether oxygens (including phenoxy) is 6. The van der Waals surface area contributed by atoms with Crippen LogP contribution in [0.3, 0.4) is 0 Å². The third-order valence-corrected chi connectivity index (χ3v) is 6.80. The Kier molecular flexibility index (Phi) is 7.40. The molecule has 7 nitrogen and oxygen atoms in total. The van der Waals surface area contributed by atoms with Gasteiger partial charge in [-0.1, -0.05) is 25.1 Å². The predicted molar refractivity (Wildman–Crippen MR) is 138 cm³/mol. The molecule has 2 atom stereocenters. The predicted octanol–water partition coefficient (Wildman–Crippen LogP) is 5.82. The molecule has 1 aliphatic carbocycles. The molecular formula is C30H32O7. The number of benzene rings is 3. The second kappa shape index (κ2) is 11.0. The van der Waals surface area contributed by atoms with Crippen molar-refractivity contribution in [1.29, 1.82) is 0 Å². The van der Waals surface area contributed by atoms with E-state index in [1.165, 1.54) is 11.1 Å². The van der Waals surface area contributed by atoms with Gasteiger partial charge < -0.3 is 28.4 Å². The molecule has 0 aromatic heterocycles.